The van der Waals surface area contributed by atoms with Crippen LogP contribution in [-0.4, -0.2) is 19.6 Å². The summed E-state index contributed by atoms with van der Waals surface area (Å²) in [5.41, 5.74) is 1.21. The van der Waals surface area contributed by atoms with E-state index < -0.39 is 0 Å². The quantitative estimate of drug-likeness (QED) is 0.459. The zero-order valence-electron chi connectivity index (χ0n) is 13.5. The van der Waals surface area contributed by atoms with Gasteiger partial charge in [0.1, 0.15) is 0 Å². The second-order valence-corrected chi connectivity index (χ2v) is 6.08. The van der Waals surface area contributed by atoms with Crippen molar-refractivity contribution < 1.29 is 0 Å². The lowest BCUT2D eigenvalue weighted by Gasteiger charge is -2.22. The Bertz CT molecular complexity index is 1050. The van der Waals surface area contributed by atoms with Gasteiger partial charge in [-0.1, -0.05) is 48.5 Å². The van der Waals surface area contributed by atoms with Gasteiger partial charge in [-0.05, 0) is 39.7 Å². The van der Waals surface area contributed by atoms with E-state index in [4.69, 9.17) is 0 Å². The standard InChI is InChI=1S/C21H16N4/c1-3-9-18-16(7-1)15-17-8-2-4-10-19(17)20(18)21(24-13-5-11-22-24)25-14-6-12-23-25/h1-15,21H. The summed E-state index contributed by atoms with van der Waals surface area (Å²) >= 11 is 0. The summed E-state index contributed by atoms with van der Waals surface area (Å²) < 4.78 is 3.92. The van der Waals surface area contributed by atoms with E-state index in [9.17, 15) is 0 Å². The van der Waals surface area contributed by atoms with Crippen molar-refractivity contribution in [3.05, 3.63) is 97.1 Å². The molecule has 0 saturated heterocycles. The summed E-state index contributed by atoms with van der Waals surface area (Å²) in [6, 6.07) is 23.2. The summed E-state index contributed by atoms with van der Waals surface area (Å²) in [6.45, 7) is 0. The molecule has 0 bridgehead atoms. The number of fused-ring (bicyclic) bond motifs is 2. The first-order valence-electron chi connectivity index (χ1n) is 8.30. The first kappa shape index (κ1) is 14.0. The number of hydrogen-bond donors (Lipinski definition) is 0. The van der Waals surface area contributed by atoms with Gasteiger partial charge < -0.3 is 0 Å². The molecule has 0 saturated carbocycles. The van der Waals surface area contributed by atoms with Crippen molar-refractivity contribution in [2.24, 2.45) is 0 Å². The lowest BCUT2D eigenvalue weighted by atomic mass is 9.95. The van der Waals surface area contributed by atoms with Crippen molar-refractivity contribution in [2.75, 3.05) is 0 Å². The third-order valence-corrected chi connectivity index (χ3v) is 4.62. The molecule has 4 heteroatoms. The number of hydrogen-bond acceptors (Lipinski definition) is 2. The van der Waals surface area contributed by atoms with Gasteiger partial charge in [0, 0.05) is 30.4 Å². The van der Waals surface area contributed by atoms with Crippen molar-refractivity contribution in [2.45, 2.75) is 6.17 Å². The van der Waals surface area contributed by atoms with Gasteiger partial charge in [0.15, 0.2) is 6.17 Å². The van der Waals surface area contributed by atoms with E-state index in [-0.39, 0.29) is 6.17 Å². The molecule has 5 aromatic rings. The molecular weight excluding hydrogens is 308 g/mol. The van der Waals surface area contributed by atoms with Gasteiger partial charge in [-0.15, -0.1) is 0 Å². The second kappa shape index (κ2) is 5.60. The van der Waals surface area contributed by atoms with E-state index in [1.807, 2.05) is 46.3 Å². The molecule has 0 aliphatic rings. The lowest BCUT2D eigenvalue weighted by molar-refractivity contribution is 0.424. The molecule has 0 amide bonds. The first-order valence-corrected chi connectivity index (χ1v) is 8.30. The summed E-state index contributed by atoms with van der Waals surface area (Å²) in [4.78, 5) is 0. The molecule has 2 aromatic heterocycles. The summed E-state index contributed by atoms with van der Waals surface area (Å²) in [6.07, 6.45) is 7.46. The Morgan fingerprint density at radius 3 is 1.64 bits per heavy atom. The molecule has 0 aliphatic carbocycles. The van der Waals surface area contributed by atoms with Crippen molar-refractivity contribution in [1.29, 1.82) is 0 Å². The topological polar surface area (TPSA) is 35.6 Å². The molecule has 4 nitrogen and oxygen atoms in total. The molecule has 0 fully saturated rings. The molecule has 0 atom stereocenters. The van der Waals surface area contributed by atoms with Gasteiger partial charge >= 0.3 is 0 Å². The summed E-state index contributed by atoms with van der Waals surface area (Å²) in [7, 11) is 0. The van der Waals surface area contributed by atoms with E-state index in [1.54, 1.807) is 0 Å². The number of aromatic nitrogens is 4. The average Bonchev–Trinajstić information content (AvgIpc) is 3.36. The minimum Gasteiger partial charge on any atom is -0.244 e. The minimum absolute atomic E-state index is 0.138. The fourth-order valence-electron chi connectivity index (χ4n) is 3.56. The van der Waals surface area contributed by atoms with Gasteiger partial charge in [-0.25, -0.2) is 9.36 Å². The van der Waals surface area contributed by atoms with Crippen molar-refractivity contribution in [3.8, 4) is 0 Å². The fraction of sp³-hybridized carbons (Fsp3) is 0.0476. The van der Waals surface area contributed by atoms with Crippen LogP contribution in [0, 0.1) is 0 Å². The predicted octanol–water partition coefficient (Wildman–Crippen LogP) is 4.48. The Morgan fingerprint density at radius 1 is 0.640 bits per heavy atom. The van der Waals surface area contributed by atoms with Crippen LogP contribution in [0.3, 0.4) is 0 Å². The van der Waals surface area contributed by atoms with Crippen LogP contribution in [0.5, 0.6) is 0 Å². The third-order valence-electron chi connectivity index (χ3n) is 4.62. The average molecular weight is 324 g/mol. The Morgan fingerprint density at radius 2 is 1.16 bits per heavy atom. The molecule has 120 valence electrons. The van der Waals surface area contributed by atoms with Gasteiger partial charge in [-0.3, -0.25) is 0 Å². The molecule has 0 radical (unpaired) electrons. The largest absolute Gasteiger partial charge is 0.244 e. The van der Waals surface area contributed by atoms with Crippen molar-refractivity contribution in [3.63, 3.8) is 0 Å². The highest BCUT2D eigenvalue weighted by Crippen LogP contribution is 2.34. The molecule has 0 aliphatic heterocycles. The highest BCUT2D eigenvalue weighted by Gasteiger charge is 2.21. The van der Waals surface area contributed by atoms with Gasteiger partial charge in [-0.2, -0.15) is 10.2 Å². The molecule has 25 heavy (non-hydrogen) atoms. The SMILES string of the molecule is c1ccc2c(C(n3cccn3)n3cccn3)c3ccccc3cc2c1. The van der Waals surface area contributed by atoms with Crippen LogP contribution in [-0.2, 0) is 0 Å². The number of nitrogens with zero attached hydrogens (tertiary/aromatic N) is 4. The Balaban J connectivity index is 1.93. The molecule has 2 heterocycles. The zero-order valence-corrected chi connectivity index (χ0v) is 13.5. The maximum atomic E-state index is 4.52. The zero-order chi connectivity index (χ0) is 16.6. The summed E-state index contributed by atoms with van der Waals surface area (Å²) in [5.74, 6) is 0. The minimum atomic E-state index is -0.138. The van der Waals surface area contributed by atoms with E-state index in [2.05, 4.69) is 64.8 Å². The first-order chi connectivity index (χ1) is 12.4. The van der Waals surface area contributed by atoms with E-state index in [1.165, 1.54) is 27.1 Å². The molecule has 0 unspecified atom stereocenters. The van der Waals surface area contributed by atoms with Crippen molar-refractivity contribution >= 4 is 21.5 Å². The second-order valence-electron chi connectivity index (χ2n) is 6.08. The van der Waals surface area contributed by atoms with E-state index in [0.29, 0.717) is 0 Å². The maximum absolute atomic E-state index is 4.52. The fourth-order valence-corrected chi connectivity index (χ4v) is 3.56. The molecule has 3 aromatic carbocycles. The molecule has 0 N–H and O–H groups in total. The highest BCUT2D eigenvalue weighted by molar-refractivity contribution is 6.02. The normalized spacial score (nSPS) is 11.6. The van der Waals surface area contributed by atoms with Crippen LogP contribution in [0.1, 0.15) is 11.7 Å². The van der Waals surface area contributed by atoms with Crippen LogP contribution in [0.4, 0.5) is 0 Å². The summed E-state index contributed by atoms with van der Waals surface area (Å²) in [5, 5.41) is 13.9. The molecule has 5 rings (SSSR count). The van der Waals surface area contributed by atoms with Gasteiger partial charge in [0.05, 0.1) is 0 Å². The van der Waals surface area contributed by atoms with Gasteiger partial charge in [0.25, 0.3) is 0 Å². The predicted molar refractivity (Wildman–Crippen MR) is 99.4 cm³/mol. The lowest BCUT2D eigenvalue weighted by Crippen LogP contribution is -2.21. The Hall–Kier alpha value is -3.40. The number of rotatable bonds is 3. The van der Waals surface area contributed by atoms with Crippen LogP contribution >= 0.6 is 0 Å². The van der Waals surface area contributed by atoms with E-state index in [0.717, 1.165) is 0 Å². The van der Waals surface area contributed by atoms with Crippen LogP contribution in [0.2, 0.25) is 0 Å². The Labute approximate surface area is 144 Å². The monoisotopic (exact) mass is 324 g/mol. The Kier molecular flexibility index (Phi) is 3.13. The maximum Gasteiger partial charge on any atom is 0.169 e. The smallest absolute Gasteiger partial charge is 0.169 e. The van der Waals surface area contributed by atoms with Crippen LogP contribution < -0.4 is 0 Å². The molecule has 0 spiro atoms. The van der Waals surface area contributed by atoms with Crippen LogP contribution in [0.25, 0.3) is 21.5 Å². The van der Waals surface area contributed by atoms with Crippen LogP contribution in [0.15, 0.2) is 91.5 Å². The number of benzene rings is 3. The van der Waals surface area contributed by atoms with Crippen molar-refractivity contribution in [1.82, 2.24) is 19.6 Å². The third kappa shape index (κ3) is 2.22. The van der Waals surface area contributed by atoms with Gasteiger partial charge in [0.2, 0.25) is 0 Å². The highest BCUT2D eigenvalue weighted by atomic mass is 15.4. The molecular formula is C21H16N4. The van der Waals surface area contributed by atoms with E-state index >= 15 is 0 Å².